The summed E-state index contributed by atoms with van der Waals surface area (Å²) in [5.41, 5.74) is 1.91. The standard InChI is InChI=1S/C13H25N3O2S.C8H7N/c1-5-6-7-11-15(3)12(17)10(8-9-19-4)16(11)13(18)14-2;1-7-2-4-8(6-9)5-3-7/h10-11H,5-9H2,1-4H3,(H,14,18);2-5H,1H3/t10-,11?;/m0./s1. The minimum atomic E-state index is -0.306. The summed E-state index contributed by atoms with van der Waals surface area (Å²) in [5, 5.41) is 11.0. The molecule has 1 heterocycles. The first-order chi connectivity index (χ1) is 13.4. The number of nitriles is 1. The molecule has 1 fully saturated rings. The topological polar surface area (TPSA) is 76.4 Å². The van der Waals surface area contributed by atoms with Gasteiger partial charge in [0.25, 0.3) is 0 Å². The molecule has 28 heavy (non-hydrogen) atoms. The van der Waals surface area contributed by atoms with Crippen LogP contribution in [-0.4, -0.2) is 60.0 Å². The highest BCUT2D eigenvalue weighted by atomic mass is 32.2. The lowest BCUT2D eigenvalue weighted by molar-refractivity contribution is -0.128. The number of carbonyl (C=O) groups excluding carboxylic acids is 2. The van der Waals surface area contributed by atoms with E-state index in [4.69, 9.17) is 5.26 Å². The molecule has 2 atom stereocenters. The highest BCUT2D eigenvalue weighted by Gasteiger charge is 2.45. The van der Waals surface area contributed by atoms with Crippen LogP contribution in [0.1, 0.15) is 43.7 Å². The monoisotopic (exact) mass is 404 g/mol. The van der Waals surface area contributed by atoms with E-state index in [9.17, 15) is 9.59 Å². The van der Waals surface area contributed by atoms with E-state index >= 15 is 0 Å². The molecule has 1 unspecified atom stereocenters. The molecule has 0 saturated carbocycles. The molecule has 0 radical (unpaired) electrons. The third-order valence-corrected chi connectivity index (χ3v) is 5.42. The van der Waals surface area contributed by atoms with Crippen molar-refractivity contribution in [1.29, 1.82) is 5.26 Å². The number of carbonyl (C=O) groups is 2. The Balaban J connectivity index is 0.000000362. The quantitative estimate of drug-likeness (QED) is 0.786. The molecule has 0 spiro atoms. The number of amides is 3. The molecule has 1 saturated heterocycles. The number of nitrogens with zero attached hydrogens (tertiary/aromatic N) is 3. The third-order valence-electron chi connectivity index (χ3n) is 4.78. The maximum atomic E-state index is 12.3. The van der Waals surface area contributed by atoms with Crippen molar-refractivity contribution >= 4 is 23.7 Å². The first-order valence-electron chi connectivity index (χ1n) is 9.63. The molecule has 1 aliphatic heterocycles. The molecule has 1 aromatic rings. The molecular weight excluding hydrogens is 372 g/mol. The lowest BCUT2D eigenvalue weighted by Gasteiger charge is -2.29. The maximum Gasteiger partial charge on any atom is 0.319 e. The molecule has 6 nitrogen and oxygen atoms in total. The number of hydrogen-bond donors (Lipinski definition) is 1. The Kier molecular flexibility index (Phi) is 10.5. The predicted molar refractivity (Wildman–Crippen MR) is 115 cm³/mol. The van der Waals surface area contributed by atoms with Crippen LogP contribution in [0.4, 0.5) is 4.79 Å². The van der Waals surface area contributed by atoms with Gasteiger partial charge in [-0.25, -0.2) is 4.79 Å². The molecule has 0 aromatic heterocycles. The fourth-order valence-corrected chi connectivity index (χ4v) is 3.60. The van der Waals surface area contributed by atoms with Gasteiger partial charge in [-0.05, 0) is 50.3 Å². The van der Waals surface area contributed by atoms with Gasteiger partial charge in [0, 0.05) is 14.1 Å². The molecule has 2 rings (SSSR count). The number of unbranched alkanes of at least 4 members (excludes halogenated alkanes) is 1. The molecule has 0 aliphatic carbocycles. The van der Waals surface area contributed by atoms with Gasteiger partial charge < -0.3 is 10.2 Å². The van der Waals surface area contributed by atoms with E-state index in [-0.39, 0.29) is 24.1 Å². The average Bonchev–Trinajstić information content (AvgIpc) is 2.95. The molecule has 7 heteroatoms. The number of thioether (sulfide) groups is 1. The summed E-state index contributed by atoms with van der Waals surface area (Å²) in [6, 6.07) is 9.09. The Hall–Kier alpha value is -2.20. The lowest BCUT2D eigenvalue weighted by atomic mass is 10.2. The van der Waals surface area contributed by atoms with Crippen LogP contribution in [0, 0.1) is 18.3 Å². The van der Waals surface area contributed by atoms with E-state index < -0.39 is 0 Å². The van der Waals surface area contributed by atoms with E-state index in [0.29, 0.717) is 0 Å². The van der Waals surface area contributed by atoms with Gasteiger partial charge in [0.05, 0.1) is 11.6 Å². The van der Waals surface area contributed by atoms with Crippen LogP contribution in [-0.2, 0) is 4.79 Å². The Morgan fingerprint density at radius 3 is 2.43 bits per heavy atom. The van der Waals surface area contributed by atoms with Crippen molar-refractivity contribution in [3.63, 3.8) is 0 Å². The second-order valence-electron chi connectivity index (χ2n) is 6.81. The summed E-state index contributed by atoms with van der Waals surface area (Å²) in [5.74, 6) is 0.955. The smallest absolute Gasteiger partial charge is 0.319 e. The zero-order chi connectivity index (χ0) is 21.1. The van der Waals surface area contributed by atoms with Crippen molar-refractivity contribution < 1.29 is 9.59 Å². The van der Waals surface area contributed by atoms with Crippen molar-refractivity contribution in [3.05, 3.63) is 35.4 Å². The molecule has 1 N–H and O–H groups in total. The first-order valence-corrected chi connectivity index (χ1v) is 11.0. The minimum absolute atomic E-state index is 0.0683. The van der Waals surface area contributed by atoms with Crippen LogP contribution in [0.2, 0.25) is 0 Å². The van der Waals surface area contributed by atoms with Gasteiger partial charge >= 0.3 is 6.03 Å². The Morgan fingerprint density at radius 1 is 1.29 bits per heavy atom. The van der Waals surface area contributed by atoms with Crippen molar-refractivity contribution in [2.24, 2.45) is 0 Å². The van der Waals surface area contributed by atoms with Crippen LogP contribution in [0.15, 0.2) is 24.3 Å². The normalized spacial score (nSPS) is 18.4. The Bertz CT molecular complexity index is 672. The van der Waals surface area contributed by atoms with E-state index in [1.807, 2.05) is 37.4 Å². The zero-order valence-corrected chi connectivity index (χ0v) is 18.4. The van der Waals surface area contributed by atoms with Crippen molar-refractivity contribution in [2.45, 2.75) is 51.7 Å². The average molecular weight is 405 g/mol. The van der Waals surface area contributed by atoms with Gasteiger partial charge in [0.2, 0.25) is 5.91 Å². The molecule has 1 aliphatic rings. The van der Waals surface area contributed by atoms with E-state index in [1.165, 1.54) is 5.56 Å². The van der Waals surface area contributed by atoms with Crippen LogP contribution in [0.3, 0.4) is 0 Å². The Morgan fingerprint density at radius 2 is 1.93 bits per heavy atom. The summed E-state index contributed by atoms with van der Waals surface area (Å²) in [7, 11) is 3.42. The number of benzene rings is 1. The number of aryl methyl sites for hydroxylation is 1. The number of likely N-dealkylation sites (N-methyl/N-ethyl adjacent to an activating group) is 1. The van der Waals surface area contributed by atoms with Gasteiger partial charge in [-0.1, -0.05) is 31.0 Å². The summed E-state index contributed by atoms with van der Waals surface area (Å²) < 4.78 is 0. The fraction of sp³-hybridized carbons (Fsp3) is 0.571. The number of hydrogen-bond acceptors (Lipinski definition) is 4. The van der Waals surface area contributed by atoms with Gasteiger partial charge in [-0.3, -0.25) is 9.69 Å². The lowest BCUT2D eigenvalue weighted by Crippen LogP contribution is -2.48. The second-order valence-corrected chi connectivity index (χ2v) is 7.80. The van der Waals surface area contributed by atoms with E-state index in [0.717, 1.165) is 37.0 Å². The third kappa shape index (κ3) is 6.45. The van der Waals surface area contributed by atoms with E-state index in [1.54, 1.807) is 35.7 Å². The van der Waals surface area contributed by atoms with Gasteiger partial charge in [0.15, 0.2) is 0 Å². The first kappa shape index (κ1) is 23.8. The largest absolute Gasteiger partial charge is 0.341 e. The van der Waals surface area contributed by atoms with Crippen molar-refractivity contribution in [1.82, 2.24) is 15.1 Å². The zero-order valence-electron chi connectivity index (χ0n) is 17.6. The number of nitrogens with one attached hydrogen (secondary N) is 1. The van der Waals surface area contributed by atoms with Crippen LogP contribution < -0.4 is 5.32 Å². The summed E-state index contributed by atoms with van der Waals surface area (Å²) in [6.45, 7) is 4.12. The molecule has 3 amide bonds. The number of rotatable bonds is 6. The highest BCUT2D eigenvalue weighted by Crippen LogP contribution is 2.27. The molecular formula is C21H32N4O2S. The van der Waals surface area contributed by atoms with Crippen LogP contribution >= 0.6 is 11.8 Å². The van der Waals surface area contributed by atoms with Crippen LogP contribution in [0.5, 0.6) is 0 Å². The van der Waals surface area contributed by atoms with Crippen molar-refractivity contribution in [2.75, 3.05) is 26.1 Å². The molecule has 1 aromatic carbocycles. The minimum Gasteiger partial charge on any atom is -0.341 e. The highest BCUT2D eigenvalue weighted by molar-refractivity contribution is 7.98. The molecule has 0 bridgehead atoms. The predicted octanol–water partition coefficient (Wildman–Crippen LogP) is 3.60. The van der Waals surface area contributed by atoms with Crippen molar-refractivity contribution in [3.8, 4) is 6.07 Å². The van der Waals surface area contributed by atoms with Gasteiger partial charge in [-0.15, -0.1) is 0 Å². The molecule has 154 valence electrons. The van der Waals surface area contributed by atoms with Gasteiger partial charge in [-0.2, -0.15) is 17.0 Å². The summed E-state index contributed by atoms with van der Waals surface area (Å²) in [4.78, 5) is 27.9. The van der Waals surface area contributed by atoms with Gasteiger partial charge in [0.1, 0.15) is 12.2 Å². The van der Waals surface area contributed by atoms with E-state index in [2.05, 4.69) is 18.3 Å². The SMILES string of the molecule is CCCCC1N(C)C(=O)[C@H](CCSC)N1C(=O)NC.Cc1ccc(C#N)cc1. The summed E-state index contributed by atoms with van der Waals surface area (Å²) >= 11 is 1.70. The second kappa shape index (κ2) is 12.3. The fourth-order valence-electron chi connectivity index (χ4n) is 3.14. The van der Waals surface area contributed by atoms with Crippen LogP contribution in [0.25, 0.3) is 0 Å². The summed E-state index contributed by atoms with van der Waals surface area (Å²) in [6.07, 6.45) is 5.57. The Labute approximate surface area is 173 Å². The number of urea groups is 1. The maximum absolute atomic E-state index is 12.3.